The lowest BCUT2D eigenvalue weighted by Crippen LogP contribution is -3.00. The van der Waals surface area contributed by atoms with Crippen LogP contribution in [0.15, 0.2) is 5.51 Å². The molecule has 1 aromatic heterocycles. The van der Waals surface area contributed by atoms with Crippen molar-refractivity contribution in [2.45, 2.75) is 58.4 Å². The number of halogens is 1. The minimum Gasteiger partial charge on any atom is -1.00 e. The highest BCUT2D eigenvalue weighted by Crippen LogP contribution is 2.60. The number of esters is 1. The van der Waals surface area contributed by atoms with Crippen LogP contribution in [0.2, 0.25) is 0 Å². The second-order valence-corrected chi connectivity index (χ2v) is 9.35. The van der Waals surface area contributed by atoms with Crippen LogP contribution >= 0.6 is 11.3 Å². The molecule has 0 atom stereocenters. The number of carbonyl (C=O) groups excluding carboxylic acids is 1. The molecular formula is C19H28ClNO3S. The highest BCUT2D eigenvalue weighted by Gasteiger charge is 2.51. The standard InChI is InChI=1S/C19H28NO3S.ClH/c1-13-17(2-3-21)24-12-20(13)10-18(22)23-11-19-7-14-4-15(8-19)6-16(5-14)9-19;/h12,14-16,21H,2-11H2,1H3;1H/q+1;/p-1. The molecule has 4 aliphatic carbocycles. The minimum absolute atomic E-state index is 0. The second-order valence-electron chi connectivity index (χ2n) is 8.41. The number of hydrogen-bond acceptors (Lipinski definition) is 4. The predicted molar refractivity (Wildman–Crippen MR) is 91.6 cm³/mol. The maximum absolute atomic E-state index is 12.3. The molecular weight excluding hydrogens is 358 g/mol. The normalized spacial score (nSPS) is 32.5. The monoisotopic (exact) mass is 385 g/mol. The van der Waals surface area contributed by atoms with Crippen LogP contribution in [-0.2, 0) is 22.5 Å². The van der Waals surface area contributed by atoms with Crippen LogP contribution in [0, 0.1) is 30.1 Å². The Kier molecular flexibility index (Phi) is 5.76. The van der Waals surface area contributed by atoms with Gasteiger partial charge in [-0.25, -0.2) is 4.79 Å². The molecule has 1 heterocycles. The molecule has 0 radical (unpaired) electrons. The summed E-state index contributed by atoms with van der Waals surface area (Å²) in [5.74, 6) is 2.56. The second kappa shape index (κ2) is 7.53. The van der Waals surface area contributed by atoms with Crippen molar-refractivity contribution >= 4 is 17.3 Å². The number of ether oxygens (including phenoxy) is 1. The molecule has 25 heavy (non-hydrogen) atoms. The van der Waals surface area contributed by atoms with E-state index in [9.17, 15) is 4.79 Å². The first-order valence-electron chi connectivity index (χ1n) is 9.30. The summed E-state index contributed by atoms with van der Waals surface area (Å²) in [6.45, 7) is 3.08. The van der Waals surface area contributed by atoms with E-state index in [2.05, 4.69) is 0 Å². The van der Waals surface area contributed by atoms with E-state index in [-0.39, 0.29) is 25.0 Å². The Labute approximate surface area is 160 Å². The van der Waals surface area contributed by atoms with E-state index >= 15 is 0 Å². The maximum Gasteiger partial charge on any atom is 0.372 e. The van der Waals surface area contributed by atoms with E-state index in [1.807, 2.05) is 17.0 Å². The zero-order valence-electron chi connectivity index (χ0n) is 14.9. The van der Waals surface area contributed by atoms with Crippen LogP contribution in [-0.4, -0.2) is 24.3 Å². The summed E-state index contributed by atoms with van der Waals surface area (Å²) in [6.07, 6.45) is 8.75. The van der Waals surface area contributed by atoms with Gasteiger partial charge in [0.15, 0.2) is 5.69 Å². The van der Waals surface area contributed by atoms with Crippen molar-refractivity contribution in [1.82, 2.24) is 0 Å². The Morgan fingerprint density at radius 3 is 2.44 bits per heavy atom. The summed E-state index contributed by atoms with van der Waals surface area (Å²) in [4.78, 5) is 13.5. The van der Waals surface area contributed by atoms with Crippen LogP contribution in [0.1, 0.15) is 49.1 Å². The third-order valence-electron chi connectivity index (χ3n) is 6.50. The number of aliphatic hydroxyl groups excluding tert-OH is 1. The van der Waals surface area contributed by atoms with Gasteiger partial charge >= 0.3 is 5.97 Å². The van der Waals surface area contributed by atoms with Crippen molar-refractivity contribution < 1.29 is 31.6 Å². The van der Waals surface area contributed by atoms with Gasteiger partial charge in [-0.3, -0.25) is 0 Å². The summed E-state index contributed by atoms with van der Waals surface area (Å²) >= 11 is 1.60. The first-order valence-corrected chi connectivity index (χ1v) is 10.2. The molecule has 140 valence electrons. The van der Waals surface area contributed by atoms with Crippen molar-refractivity contribution in [2.24, 2.45) is 23.2 Å². The van der Waals surface area contributed by atoms with Gasteiger partial charge in [-0.15, -0.1) is 0 Å². The van der Waals surface area contributed by atoms with Gasteiger partial charge in [0.25, 0.3) is 0 Å². The van der Waals surface area contributed by atoms with Gasteiger partial charge in [0.2, 0.25) is 12.1 Å². The van der Waals surface area contributed by atoms with Crippen molar-refractivity contribution in [3.63, 3.8) is 0 Å². The lowest BCUT2D eigenvalue weighted by atomic mass is 9.50. The fourth-order valence-electron chi connectivity index (χ4n) is 5.83. The largest absolute Gasteiger partial charge is 1.00 e. The molecule has 0 amide bonds. The van der Waals surface area contributed by atoms with Gasteiger partial charge in [-0.1, -0.05) is 11.3 Å². The number of hydrogen-bond donors (Lipinski definition) is 1. The smallest absolute Gasteiger partial charge is 0.372 e. The number of rotatable bonds is 6. The molecule has 0 aliphatic heterocycles. The summed E-state index contributed by atoms with van der Waals surface area (Å²) in [5, 5.41) is 9.08. The van der Waals surface area contributed by atoms with Crippen LogP contribution in [0.5, 0.6) is 0 Å². The van der Waals surface area contributed by atoms with Crippen molar-refractivity contribution in [1.29, 1.82) is 0 Å². The van der Waals surface area contributed by atoms with E-state index in [0.29, 0.717) is 25.0 Å². The number of nitrogens with zero attached hydrogens (tertiary/aromatic N) is 1. The maximum atomic E-state index is 12.3. The average Bonchev–Trinajstić information content (AvgIpc) is 2.86. The van der Waals surface area contributed by atoms with Gasteiger partial charge in [-0.2, -0.15) is 4.57 Å². The molecule has 4 aliphatic rings. The Bertz CT molecular complexity index is 595. The summed E-state index contributed by atoms with van der Waals surface area (Å²) in [7, 11) is 0. The first kappa shape index (κ1) is 19.1. The number of aliphatic hydroxyl groups is 1. The third-order valence-corrected chi connectivity index (χ3v) is 7.64. The summed E-state index contributed by atoms with van der Waals surface area (Å²) < 4.78 is 7.71. The van der Waals surface area contributed by atoms with Crippen molar-refractivity contribution in [3.8, 4) is 0 Å². The molecule has 1 aromatic rings. The fourth-order valence-corrected chi connectivity index (χ4v) is 6.82. The molecule has 4 nitrogen and oxygen atoms in total. The van der Waals surface area contributed by atoms with Crippen LogP contribution in [0.3, 0.4) is 0 Å². The molecule has 4 bridgehead atoms. The SMILES string of the molecule is Cc1c(CCO)sc[n+]1CC(=O)OCC12CC3CC(CC(C3)C1)C2.[Cl-]. The molecule has 0 aromatic carbocycles. The predicted octanol–water partition coefficient (Wildman–Crippen LogP) is -0.358. The first-order chi connectivity index (χ1) is 11.6. The molecule has 4 fully saturated rings. The van der Waals surface area contributed by atoms with Crippen molar-refractivity contribution in [3.05, 3.63) is 16.1 Å². The summed E-state index contributed by atoms with van der Waals surface area (Å²) in [6, 6.07) is 0. The lowest BCUT2D eigenvalue weighted by molar-refractivity contribution is -0.687. The van der Waals surface area contributed by atoms with E-state index in [1.54, 1.807) is 11.3 Å². The van der Waals surface area contributed by atoms with E-state index < -0.39 is 0 Å². The highest BCUT2D eigenvalue weighted by atomic mass is 35.5. The molecule has 0 unspecified atom stereocenters. The summed E-state index contributed by atoms with van der Waals surface area (Å²) in [5.41, 5.74) is 3.33. The third kappa shape index (κ3) is 3.88. The minimum atomic E-state index is -0.118. The Morgan fingerprint density at radius 2 is 1.88 bits per heavy atom. The van der Waals surface area contributed by atoms with Gasteiger partial charge in [-0.05, 0) is 56.3 Å². The Hall–Kier alpha value is -0.650. The van der Waals surface area contributed by atoms with Crippen LogP contribution < -0.4 is 17.0 Å². The number of thiazole rings is 1. The molecule has 5 rings (SSSR count). The number of aromatic nitrogens is 1. The zero-order valence-corrected chi connectivity index (χ0v) is 16.5. The molecule has 1 N–H and O–H groups in total. The van der Waals surface area contributed by atoms with Gasteiger partial charge in [0.1, 0.15) is 0 Å². The van der Waals surface area contributed by atoms with Crippen LogP contribution in [0.25, 0.3) is 0 Å². The van der Waals surface area contributed by atoms with Gasteiger partial charge < -0.3 is 22.3 Å². The average molecular weight is 386 g/mol. The number of carbonyl (C=O) groups is 1. The Morgan fingerprint density at radius 1 is 1.28 bits per heavy atom. The topological polar surface area (TPSA) is 50.4 Å². The molecule has 4 saturated carbocycles. The zero-order chi connectivity index (χ0) is 16.7. The van der Waals surface area contributed by atoms with E-state index in [1.165, 1.54) is 38.5 Å². The lowest BCUT2D eigenvalue weighted by Gasteiger charge is -2.56. The fraction of sp³-hybridized carbons (Fsp3) is 0.789. The Balaban J connectivity index is 0.00000182. The van der Waals surface area contributed by atoms with Crippen molar-refractivity contribution in [2.75, 3.05) is 13.2 Å². The van der Waals surface area contributed by atoms with E-state index in [0.717, 1.165) is 28.3 Å². The van der Waals surface area contributed by atoms with Gasteiger partial charge in [0.05, 0.1) is 11.5 Å². The molecule has 0 spiro atoms. The molecule has 6 heteroatoms. The molecule has 0 saturated heterocycles. The van der Waals surface area contributed by atoms with Crippen LogP contribution in [0.4, 0.5) is 0 Å². The quantitative estimate of drug-likeness (QED) is 0.537. The van der Waals surface area contributed by atoms with Gasteiger partial charge in [0, 0.05) is 25.4 Å². The van der Waals surface area contributed by atoms with E-state index in [4.69, 9.17) is 9.84 Å². The highest BCUT2D eigenvalue weighted by molar-refractivity contribution is 7.09.